The minimum absolute atomic E-state index is 0.107. The zero-order valence-corrected chi connectivity index (χ0v) is 36.1. The number of hydrogen-bond donors (Lipinski definition) is 4. The molecule has 326 valence electrons. The van der Waals surface area contributed by atoms with Crippen LogP contribution in [-0.4, -0.2) is 59.3 Å². The summed E-state index contributed by atoms with van der Waals surface area (Å²) in [6.07, 6.45) is 51.2. The molecule has 2 unspecified atom stereocenters. The van der Waals surface area contributed by atoms with Crippen LogP contribution in [0.15, 0.2) is 60.8 Å². The van der Waals surface area contributed by atoms with E-state index in [9.17, 15) is 19.2 Å². The van der Waals surface area contributed by atoms with Crippen molar-refractivity contribution in [3.63, 3.8) is 0 Å². The average Bonchev–Trinajstić information content (AvgIpc) is 3.20. The van der Waals surface area contributed by atoms with Crippen LogP contribution in [0, 0.1) is 0 Å². The molecule has 2 atom stereocenters. The second-order valence-electron chi connectivity index (χ2n) is 15.1. The first-order valence-electron chi connectivity index (χ1n) is 22.7. The zero-order valence-electron chi connectivity index (χ0n) is 36.1. The summed E-state index contributed by atoms with van der Waals surface area (Å²) in [5.74, 6) is -2.36. The van der Waals surface area contributed by atoms with Gasteiger partial charge < -0.3 is 25.6 Å². The molecule has 0 saturated carbocycles. The van der Waals surface area contributed by atoms with Gasteiger partial charge >= 0.3 is 11.9 Å². The minimum atomic E-state index is -1.38. The molecular weight excluding hydrogens is 717 g/mol. The summed E-state index contributed by atoms with van der Waals surface area (Å²) in [7, 11) is 0. The fourth-order valence-electron chi connectivity index (χ4n) is 6.20. The lowest BCUT2D eigenvalue weighted by atomic mass is 10.1. The summed E-state index contributed by atoms with van der Waals surface area (Å²) in [5, 5.41) is 22.5. The van der Waals surface area contributed by atoms with Gasteiger partial charge in [-0.2, -0.15) is 0 Å². The number of nitrogens with one attached hydrogen (secondary N) is 2. The van der Waals surface area contributed by atoms with E-state index in [0.29, 0.717) is 19.3 Å². The van der Waals surface area contributed by atoms with Crippen molar-refractivity contribution < 1.29 is 34.1 Å². The van der Waals surface area contributed by atoms with Gasteiger partial charge in [0.2, 0.25) is 11.8 Å². The number of unbranched alkanes of at least 4 members (excludes halogenated alkanes) is 18. The third-order valence-corrected chi connectivity index (χ3v) is 9.72. The van der Waals surface area contributed by atoms with Crippen LogP contribution in [0.25, 0.3) is 0 Å². The summed E-state index contributed by atoms with van der Waals surface area (Å²) in [4.78, 5) is 47.5. The number of carbonyl (C=O) groups is 4. The van der Waals surface area contributed by atoms with Gasteiger partial charge in [-0.15, -0.1) is 0 Å². The number of ether oxygens (including phenoxy) is 1. The number of hydrogen-bond acceptors (Lipinski definition) is 6. The molecule has 0 bridgehead atoms. The van der Waals surface area contributed by atoms with Gasteiger partial charge in [0.15, 0.2) is 0 Å². The number of aliphatic hydroxyl groups excluding tert-OH is 1. The fraction of sp³-hybridized carbons (Fsp3) is 0.708. The molecule has 0 rings (SSSR count). The van der Waals surface area contributed by atoms with Gasteiger partial charge in [-0.25, -0.2) is 4.79 Å². The topological polar surface area (TPSA) is 142 Å². The van der Waals surface area contributed by atoms with Crippen molar-refractivity contribution in [1.29, 1.82) is 0 Å². The SMILES string of the molecule is CCCCC/C=C\C/C=C\C/C=C\CCCCCCCCC(=O)OC(/C=C\C/C=C\CCCCCC)CCCCCCCCC(=O)NCC(=O)NC(CO)C(=O)O. The molecule has 0 aromatic carbocycles. The molecule has 0 aromatic heterocycles. The summed E-state index contributed by atoms with van der Waals surface area (Å²) in [6.45, 7) is 3.42. The Bertz CT molecular complexity index is 1140. The first kappa shape index (κ1) is 53.5. The average molecular weight is 799 g/mol. The third-order valence-electron chi connectivity index (χ3n) is 9.72. The molecule has 0 saturated heterocycles. The van der Waals surface area contributed by atoms with E-state index in [1.54, 1.807) is 0 Å². The molecule has 0 fully saturated rings. The molecule has 9 heteroatoms. The van der Waals surface area contributed by atoms with E-state index in [2.05, 4.69) is 85.2 Å². The lowest BCUT2D eigenvalue weighted by Crippen LogP contribution is -2.47. The van der Waals surface area contributed by atoms with Crippen molar-refractivity contribution in [2.45, 2.75) is 206 Å². The maximum atomic E-state index is 12.8. The maximum Gasteiger partial charge on any atom is 0.328 e. The highest BCUT2D eigenvalue weighted by atomic mass is 16.5. The molecule has 0 aromatic rings. The Labute approximate surface area is 347 Å². The molecule has 0 heterocycles. The van der Waals surface area contributed by atoms with Crippen LogP contribution in [0.4, 0.5) is 0 Å². The first-order valence-corrected chi connectivity index (χ1v) is 22.7. The number of aliphatic hydroxyl groups is 1. The Hall–Kier alpha value is -3.46. The third kappa shape index (κ3) is 39.2. The molecular formula is C48H82N2O7. The van der Waals surface area contributed by atoms with Gasteiger partial charge in [-0.3, -0.25) is 14.4 Å². The van der Waals surface area contributed by atoms with E-state index in [-0.39, 0.29) is 24.5 Å². The monoisotopic (exact) mass is 799 g/mol. The normalized spacial score (nSPS) is 13.0. The molecule has 9 nitrogen and oxygen atoms in total. The van der Waals surface area contributed by atoms with Gasteiger partial charge in [-0.05, 0) is 89.5 Å². The first-order chi connectivity index (χ1) is 27.8. The largest absolute Gasteiger partial charge is 0.480 e. The van der Waals surface area contributed by atoms with Crippen molar-refractivity contribution in [3.05, 3.63) is 60.8 Å². The highest BCUT2D eigenvalue weighted by molar-refractivity contribution is 5.87. The van der Waals surface area contributed by atoms with E-state index in [1.165, 1.54) is 70.6 Å². The summed E-state index contributed by atoms with van der Waals surface area (Å²) >= 11 is 0. The quantitative estimate of drug-likeness (QED) is 0.0275. The predicted octanol–water partition coefficient (Wildman–Crippen LogP) is 11.3. The van der Waals surface area contributed by atoms with Crippen molar-refractivity contribution in [2.24, 2.45) is 0 Å². The van der Waals surface area contributed by atoms with Gasteiger partial charge in [0.1, 0.15) is 12.1 Å². The molecule has 0 spiro atoms. The van der Waals surface area contributed by atoms with Crippen molar-refractivity contribution in [3.8, 4) is 0 Å². The van der Waals surface area contributed by atoms with E-state index >= 15 is 0 Å². The highest BCUT2D eigenvalue weighted by Gasteiger charge is 2.18. The maximum absolute atomic E-state index is 12.8. The van der Waals surface area contributed by atoms with Crippen molar-refractivity contribution in [2.75, 3.05) is 13.2 Å². The lowest BCUT2D eigenvalue weighted by molar-refractivity contribution is -0.147. The number of carboxylic acids is 1. The zero-order chi connectivity index (χ0) is 41.9. The Morgan fingerprint density at radius 2 is 1.00 bits per heavy atom. The Morgan fingerprint density at radius 1 is 0.544 bits per heavy atom. The van der Waals surface area contributed by atoms with Crippen LogP contribution in [0.2, 0.25) is 0 Å². The number of rotatable bonds is 40. The lowest BCUT2D eigenvalue weighted by Gasteiger charge is -2.15. The molecule has 0 radical (unpaired) electrons. The second-order valence-corrected chi connectivity index (χ2v) is 15.1. The Balaban J connectivity index is 4.29. The molecule has 0 aliphatic carbocycles. The molecule has 4 N–H and O–H groups in total. The van der Waals surface area contributed by atoms with Gasteiger partial charge in [0, 0.05) is 12.8 Å². The van der Waals surface area contributed by atoms with E-state index in [4.69, 9.17) is 14.9 Å². The van der Waals surface area contributed by atoms with Crippen LogP contribution in [0.5, 0.6) is 0 Å². The van der Waals surface area contributed by atoms with Gasteiger partial charge in [-0.1, -0.05) is 152 Å². The number of aliphatic carboxylic acids is 1. The number of carbonyl (C=O) groups excluding carboxylic acids is 3. The Kier molecular flexibility index (Phi) is 39.6. The molecule has 2 amide bonds. The number of carboxylic acid groups (broad SMARTS) is 1. The van der Waals surface area contributed by atoms with Crippen molar-refractivity contribution >= 4 is 23.8 Å². The number of allylic oxidation sites excluding steroid dienone is 9. The second kappa shape index (κ2) is 42.2. The van der Waals surface area contributed by atoms with E-state index < -0.39 is 24.5 Å². The Morgan fingerprint density at radius 3 is 1.56 bits per heavy atom. The van der Waals surface area contributed by atoms with Crippen molar-refractivity contribution in [1.82, 2.24) is 10.6 Å². The van der Waals surface area contributed by atoms with Crippen LogP contribution in [-0.2, 0) is 23.9 Å². The fourth-order valence-corrected chi connectivity index (χ4v) is 6.20. The number of esters is 1. The predicted molar refractivity (Wildman–Crippen MR) is 236 cm³/mol. The molecule has 0 aliphatic rings. The van der Waals surface area contributed by atoms with Crippen LogP contribution in [0.1, 0.15) is 194 Å². The summed E-state index contributed by atoms with van der Waals surface area (Å²) < 4.78 is 5.93. The van der Waals surface area contributed by atoms with E-state index in [1.807, 2.05) is 0 Å². The van der Waals surface area contributed by atoms with Gasteiger partial charge in [0.25, 0.3) is 0 Å². The summed E-state index contributed by atoms with van der Waals surface area (Å²) in [6, 6.07) is -1.38. The van der Waals surface area contributed by atoms with Crippen LogP contribution in [0.3, 0.4) is 0 Å². The highest BCUT2D eigenvalue weighted by Crippen LogP contribution is 2.15. The molecule has 57 heavy (non-hydrogen) atoms. The minimum Gasteiger partial charge on any atom is -0.480 e. The standard InChI is InChI=1S/C48H82N2O7/c1-3-5-7-9-11-13-14-15-16-17-18-19-20-21-22-24-26-32-36-40-47(54)57-43(37-33-29-25-23-12-10-8-6-4-2)38-34-30-27-28-31-35-39-45(52)49-41-46(53)50-44(42-51)48(55)56/h11,13,15-16,18-19,23,25,33,37,43-44,51H,3-10,12,14,17,20-22,24,26-32,34-36,38-42H2,1-2H3,(H,49,52)(H,50,53)(H,55,56)/b13-11-,16-15-,19-18-,25-23-,37-33-. The van der Waals surface area contributed by atoms with Crippen LogP contribution < -0.4 is 10.6 Å². The number of amides is 2. The van der Waals surface area contributed by atoms with E-state index in [0.717, 1.165) is 89.9 Å². The van der Waals surface area contributed by atoms with Crippen LogP contribution >= 0.6 is 0 Å². The summed E-state index contributed by atoms with van der Waals surface area (Å²) in [5.41, 5.74) is 0. The van der Waals surface area contributed by atoms with Gasteiger partial charge in [0.05, 0.1) is 13.2 Å². The smallest absolute Gasteiger partial charge is 0.328 e. The molecule has 0 aliphatic heterocycles.